The fraction of sp³-hybridized carbons (Fsp3) is 0.917. The lowest BCUT2D eigenvalue weighted by molar-refractivity contribution is -0.140. The van der Waals surface area contributed by atoms with Crippen LogP contribution in [0.5, 0.6) is 0 Å². The average Bonchev–Trinajstić information content (AvgIpc) is 2.75. The Balaban J connectivity index is 2.02. The average molecular weight is 213 g/mol. The third kappa shape index (κ3) is 5.17. The van der Waals surface area contributed by atoms with Crippen molar-refractivity contribution in [3.05, 3.63) is 0 Å². The quantitative estimate of drug-likeness (QED) is 0.633. The van der Waals surface area contributed by atoms with Crippen LogP contribution in [0.2, 0.25) is 0 Å². The van der Waals surface area contributed by atoms with Gasteiger partial charge in [-0.15, -0.1) is 0 Å². The maximum absolute atomic E-state index is 10.9. The van der Waals surface area contributed by atoms with Gasteiger partial charge in [0.1, 0.15) is 0 Å². The molecule has 1 aliphatic carbocycles. The smallest absolute Gasteiger partial charge is 0.306 e. The van der Waals surface area contributed by atoms with E-state index in [1.807, 2.05) is 0 Å². The number of methoxy groups -OCH3 is 1. The summed E-state index contributed by atoms with van der Waals surface area (Å²) in [6, 6.07) is 0. The van der Waals surface area contributed by atoms with E-state index in [1.54, 1.807) is 0 Å². The molecule has 0 N–H and O–H groups in total. The zero-order chi connectivity index (χ0) is 11.1. The molecule has 1 rings (SSSR count). The van der Waals surface area contributed by atoms with E-state index in [9.17, 15) is 4.79 Å². The summed E-state index contributed by atoms with van der Waals surface area (Å²) >= 11 is 0. The molecule has 0 unspecified atom stereocenters. The molecule has 0 amide bonds. The standard InChI is InChI=1S/C12H23NO2/c1-13(10-8-12(14)15-2)9-7-11-5-3-4-6-11/h11H,3-10H2,1-2H3. The Kier molecular flexibility index (Phi) is 5.69. The van der Waals surface area contributed by atoms with E-state index in [0.29, 0.717) is 6.42 Å². The lowest BCUT2D eigenvalue weighted by Gasteiger charge is -2.18. The summed E-state index contributed by atoms with van der Waals surface area (Å²) in [5.74, 6) is 0.827. The first-order chi connectivity index (χ1) is 7.22. The van der Waals surface area contributed by atoms with Crippen LogP contribution in [0, 0.1) is 5.92 Å². The molecule has 0 spiro atoms. The molecule has 0 saturated heterocycles. The number of rotatable bonds is 6. The van der Waals surface area contributed by atoms with Crippen molar-refractivity contribution in [2.75, 3.05) is 27.2 Å². The molecule has 0 atom stereocenters. The van der Waals surface area contributed by atoms with Crippen LogP contribution in [-0.4, -0.2) is 38.1 Å². The predicted octanol–water partition coefficient (Wildman–Crippen LogP) is 2.06. The van der Waals surface area contributed by atoms with Gasteiger partial charge in [0.15, 0.2) is 0 Å². The van der Waals surface area contributed by atoms with E-state index in [4.69, 9.17) is 0 Å². The maximum atomic E-state index is 10.9. The molecule has 3 nitrogen and oxygen atoms in total. The Morgan fingerprint density at radius 1 is 1.33 bits per heavy atom. The second-order valence-corrected chi connectivity index (χ2v) is 4.57. The number of carbonyl (C=O) groups is 1. The molecule has 1 saturated carbocycles. The Morgan fingerprint density at radius 2 is 2.00 bits per heavy atom. The first-order valence-corrected chi connectivity index (χ1v) is 5.97. The highest BCUT2D eigenvalue weighted by atomic mass is 16.5. The minimum absolute atomic E-state index is 0.109. The highest BCUT2D eigenvalue weighted by Crippen LogP contribution is 2.27. The van der Waals surface area contributed by atoms with Gasteiger partial charge in [-0.25, -0.2) is 0 Å². The zero-order valence-electron chi connectivity index (χ0n) is 10.00. The fourth-order valence-electron chi connectivity index (χ4n) is 2.20. The Morgan fingerprint density at radius 3 is 2.60 bits per heavy atom. The van der Waals surface area contributed by atoms with Gasteiger partial charge in [-0.05, 0) is 25.9 Å². The van der Waals surface area contributed by atoms with Crippen molar-refractivity contribution in [3.63, 3.8) is 0 Å². The molecule has 3 heteroatoms. The molecule has 0 aromatic carbocycles. The molecule has 0 bridgehead atoms. The van der Waals surface area contributed by atoms with Gasteiger partial charge in [0.2, 0.25) is 0 Å². The third-order valence-electron chi connectivity index (χ3n) is 3.32. The minimum Gasteiger partial charge on any atom is -0.469 e. The first-order valence-electron chi connectivity index (χ1n) is 5.97. The van der Waals surface area contributed by atoms with Crippen molar-refractivity contribution in [1.82, 2.24) is 4.90 Å². The normalized spacial score (nSPS) is 17.3. The van der Waals surface area contributed by atoms with Crippen molar-refractivity contribution in [1.29, 1.82) is 0 Å². The number of nitrogens with zero attached hydrogens (tertiary/aromatic N) is 1. The molecular weight excluding hydrogens is 190 g/mol. The SMILES string of the molecule is COC(=O)CCN(C)CCC1CCCC1. The molecule has 0 aromatic rings. The molecule has 1 aliphatic rings. The fourth-order valence-corrected chi connectivity index (χ4v) is 2.20. The minimum atomic E-state index is -0.109. The first kappa shape index (κ1) is 12.5. The van der Waals surface area contributed by atoms with Crippen molar-refractivity contribution in [3.8, 4) is 0 Å². The van der Waals surface area contributed by atoms with E-state index in [2.05, 4.69) is 16.7 Å². The van der Waals surface area contributed by atoms with Gasteiger partial charge >= 0.3 is 5.97 Å². The molecule has 88 valence electrons. The molecular formula is C12H23NO2. The zero-order valence-corrected chi connectivity index (χ0v) is 10.00. The van der Waals surface area contributed by atoms with Gasteiger partial charge in [0.25, 0.3) is 0 Å². The Bertz CT molecular complexity index is 188. The molecule has 1 fully saturated rings. The summed E-state index contributed by atoms with van der Waals surface area (Å²) in [6.45, 7) is 1.93. The van der Waals surface area contributed by atoms with Crippen molar-refractivity contribution in [2.45, 2.75) is 38.5 Å². The van der Waals surface area contributed by atoms with E-state index < -0.39 is 0 Å². The van der Waals surface area contributed by atoms with Gasteiger partial charge in [-0.2, -0.15) is 0 Å². The summed E-state index contributed by atoms with van der Waals surface area (Å²) < 4.78 is 4.61. The molecule has 0 aromatic heterocycles. The number of ether oxygens (including phenoxy) is 1. The van der Waals surface area contributed by atoms with E-state index in [0.717, 1.165) is 19.0 Å². The van der Waals surface area contributed by atoms with Crippen LogP contribution in [0.1, 0.15) is 38.5 Å². The monoisotopic (exact) mass is 213 g/mol. The topological polar surface area (TPSA) is 29.5 Å². The maximum Gasteiger partial charge on any atom is 0.306 e. The third-order valence-corrected chi connectivity index (χ3v) is 3.32. The van der Waals surface area contributed by atoms with Gasteiger partial charge < -0.3 is 9.64 Å². The number of esters is 1. The van der Waals surface area contributed by atoms with Crippen LogP contribution in [-0.2, 0) is 9.53 Å². The predicted molar refractivity (Wildman–Crippen MR) is 60.7 cm³/mol. The van der Waals surface area contributed by atoms with Gasteiger partial charge in [0.05, 0.1) is 13.5 Å². The van der Waals surface area contributed by atoms with Crippen LogP contribution in [0.25, 0.3) is 0 Å². The number of hydrogen-bond donors (Lipinski definition) is 0. The van der Waals surface area contributed by atoms with Gasteiger partial charge in [-0.3, -0.25) is 4.79 Å². The highest BCUT2D eigenvalue weighted by Gasteiger charge is 2.15. The van der Waals surface area contributed by atoms with Crippen molar-refractivity contribution < 1.29 is 9.53 Å². The summed E-state index contributed by atoms with van der Waals surface area (Å²) in [4.78, 5) is 13.2. The van der Waals surface area contributed by atoms with Crippen LogP contribution >= 0.6 is 0 Å². The van der Waals surface area contributed by atoms with E-state index in [1.165, 1.54) is 39.2 Å². The molecule has 0 aliphatic heterocycles. The van der Waals surface area contributed by atoms with E-state index >= 15 is 0 Å². The largest absolute Gasteiger partial charge is 0.469 e. The second-order valence-electron chi connectivity index (χ2n) is 4.57. The van der Waals surface area contributed by atoms with E-state index in [-0.39, 0.29) is 5.97 Å². The number of hydrogen-bond acceptors (Lipinski definition) is 3. The number of carbonyl (C=O) groups excluding carboxylic acids is 1. The van der Waals surface area contributed by atoms with Gasteiger partial charge in [0, 0.05) is 6.54 Å². The lowest BCUT2D eigenvalue weighted by Crippen LogP contribution is -2.24. The molecule has 0 heterocycles. The van der Waals surface area contributed by atoms with Crippen LogP contribution < -0.4 is 0 Å². The lowest BCUT2D eigenvalue weighted by atomic mass is 10.0. The summed E-state index contributed by atoms with van der Waals surface area (Å²) in [5.41, 5.74) is 0. The van der Waals surface area contributed by atoms with Gasteiger partial charge in [-0.1, -0.05) is 25.7 Å². The highest BCUT2D eigenvalue weighted by molar-refractivity contribution is 5.69. The molecule has 15 heavy (non-hydrogen) atoms. The van der Waals surface area contributed by atoms with Crippen molar-refractivity contribution in [2.24, 2.45) is 5.92 Å². The van der Waals surface area contributed by atoms with Crippen LogP contribution in [0.4, 0.5) is 0 Å². The van der Waals surface area contributed by atoms with Crippen LogP contribution in [0.15, 0.2) is 0 Å². The molecule has 0 radical (unpaired) electrons. The summed E-state index contributed by atoms with van der Waals surface area (Å²) in [7, 11) is 3.53. The van der Waals surface area contributed by atoms with Crippen LogP contribution in [0.3, 0.4) is 0 Å². The Labute approximate surface area is 92.8 Å². The summed E-state index contributed by atoms with van der Waals surface area (Å²) in [5, 5.41) is 0. The Hall–Kier alpha value is -0.570. The summed E-state index contributed by atoms with van der Waals surface area (Å²) in [6.07, 6.45) is 7.44. The van der Waals surface area contributed by atoms with Crippen molar-refractivity contribution >= 4 is 5.97 Å². The second kappa shape index (κ2) is 6.83.